The van der Waals surface area contributed by atoms with E-state index in [1.165, 1.54) is 26.2 Å². The number of halogens is 2. The zero-order valence-corrected chi connectivity index (χ0v) is 14.1. The van der Waals surface area contributed by atoms with Gasteiger partial charge < -0.3 is 9.47 Å². The molecule has 0 aliphatic carbocycles. The van der Waals surface area contributed by atoms with Crippen LogP contribution in [0.15, 0.2) is 46.9 Å². The van der Waals surface area contributed by atoms with Crippen LogP contribution in [0.1, 0.15) is 27.6 Å². The predicted octanol–water partition coefficient (Wildman–Crippen LogP) is 4.03. The van der Waals surface area contributed by atoms with Crippen LogP contribution < -0.4 is 4.74 Å². The molecule has 2 aromatic carbocycles. The first-order valence-corrected chi connectivity index (χ1v) is 7.56. The number of ketones is 1. The van der Waals surface area contributed by atoms with E-state index >= 15 is 0 Å². The molecule has 0 saturated carbocycles. The van der Waals surface area contributed by atoms with Crippen molar-refractivity contribution in [2.75, 3.05) is 7.11 Å². The molecule has 2 aromatic rings. The van der Waals surface area contributed by atoms with E-state index in [2.05, 4.69) is 15.9 Å². The third-order valence-electron chi connectivity index (χ3n) is 3.18. The Morgan fingerprint density at radius 3 is 2.35 bits per heavy atom. The van der Waals surface area contributed by atoms with E-state index in [-0.39, 0.29) is 11.3 Å². The Kier molecular flexibility index (Phi) is 5.50. The Morgan fingerprint density at radius 2 is 1.78 bits per heavy atom. The van der Waals surface area contributed by atoms with Crippen molar-refractivity contribution in [3.8, 4) is 5.75 Å². The number of benzene rings is 2. The summed E-state index contributed by atoms with van der Waals surface area (Å²) in [5.74, 6) is -1.36. The van der Waals surface area contributed by atoms with Crippen LogP contribution in [0, 0.1) is 5.82 Å². The van der Waals surface area contributed by atoms with Crippen LogP contribution in [-0.4, -0.2) is 25.0 Å². The fourth-order valence-corrected chi connectivity index (χ4v) is 2.26. The highest BCUT2D eigenvalue weighted by Crippen LogP contribution is 2.18. The zero-order chi connectivity index (χ0) is 17.0. The van der Waals surface area contributed by atoms with Gasteiger partial charge in [0, 0.05) is 10.0 Å². The Hall–Kier alpha value is -2.21. The maximum absolute atomic E-state index is 13.7. The number of ether oxygens (including phenoxy) is 2. The van der Waals surface area contributed by atoms with Crippen LogP contribution >= 0.6 is 15.9 Å². The number of carbonyl (C=O) groups is 2. The summed E-state index contributed by atoms with van der Waals surface area (Å²) in [4.78, 5) is 24.2. The van der Waals surface area contributed by atoms with Crippen LogP contribution in [0.25, 0.3) is 0 Å². The summed E-state index contributed by atoms with van der Waals surface area (Å²) in [6.07, 6.45) is -1.03. The summed E-state index contributed by atoms with van der Waals surface area (Å²) >= 11 is 3.11. The van der Waals surface area contributed by atoms with Crippen molar-refractivity contribution in [1.29, 1.82) is 0 Å². The van der Waals surface area contributed by atoms with Gasteiger partial charge in [-0.25, -0.2) is 9.18 Å². The van der Waals surface area contributed by atoms with Crippen molar-refractivity contribution in [2.45, 2.75) is 13.0 Å². The highest BCUT2D eigenvalue weighted by molar-refractivity contribution is 9.10. The lowest BCUT2D eigenvalue weighted by molar-refractivity contribution is 0.0314. The fraction of sp³-hybridized carbons (Fsp3) is 0.176. The van der Waals surface area contributed by atoms with Crippen molar-refractivity contribution >= 4 is 27.7 Å². The molecule has 0 amide bonds. The molecule has 0 aromatic heterocycles. The largest absolute Gasteiger partial charge is 0.497 e. The Morgan fingerprint density at radius 1 is 1.13 bits per heavy atom. The van der Waals surface area contributed by atoms with Crippen LogP contribution in [-0.2, 0) is 4.74 Å². The predicted molar refractivity (Wildman–Crippen MR) is 86.3 cm³/mol. The molecule has 6 heteroatoms. The van der Waals surface area contributed by atoms with E-state index < -0.39 is 17.9 Å². The maximum Gasteiger partial charge on any atom is 0.341 e. The van der Waals surface area contributed by atoms with Gasteiger partial charge in [0.1, 0.15) is 11.6 Å². The first-order valence-electron chi connectivity index (χ1n) is 6.76. The molecule has 0 heterocycles. The molecular formula is C17H14BrFO4. The van der Waals surface area contributed by atoms with Gasteiger partial charge in [0.05, 0.1) is 12.7 Å². The van der Waals surface area contributed by atoms with E-state index in [4.69, 9.17) is 9.47 Å². The monoisotopic (exact) mass is 380 g/mol. The van der Waals surface area contributed by atoms with Gasteiger partial charge in [-0.05, 0) is 49.4 Å². The lowest BCUT2D eigenvalue weighted by Crippen LogP contribution is -2.24. The van der Waals surface area contributed by atoms with Gasteiger partial charge in [0.25, 0.3) is 0 Å². The van der Waals surface area contributed by atoms with Crippen LogP contribution in [0.2, 0.25) is 0 Å². The normalized spacial score (nSPS) is 11.7. The lowest BCUT2D eigenvalue weighted by Gasteiger charge is -2.13. The van der Waals surface area contributed by atoms with E-state index in [1.54, 1.807) is 24.3 Å². The summed E-state index contributed by atoms with van der Waals surface area (Å²) in [6, 6.07) is 10.4. The summed E-state index contributed by atoms with van der Waals surface area (Å²) in [7, 11) is 1.52. The Labute approximate surface area is 141 Å². The van der Waals surface area contributed by atoms with E-state index in [0.717, 1.165) is 6.07 Å². The van der Waals surface area contributed by atoms with Gasteiger partial charge in [-0.3, -0.25) is 4.79 Å². The van der Waals surface area contributed by atoms with Crippen molar-refractivity contribution in [2.24, 2.45) is 0 Å². The molecule has 0 spiro atoms. The second-order valence-corrected chi connectivity index (χ2v) is 5.68. The highest BCUT2D eigenvalue weighted by atomic mass is 79.9. The first kappa shape index (κ1) is 17.1. The van der Waals surface area contributed by atoms with Gasteiger partial charge in [0.15, 0.2) is 6.10 Å². The SMILES string of the molecule is COc1ccc(C(=O)[C@@H](C)OC(=O)c2ccc(Br)cc2F)cc1. The molecule has 0 saturated heterocycles. The molecule has 2 rings (SSSR count). The van der Waals surface area contributed by atoms with Crippen LogP contribution in [0.4, 0.5) is 4.39 Å². The molecule has 1 atom stereocenters. The molecule has 120 valence electrons. The number of carbonyl (C=O) groups excluding carboxylic acids is 2. The molecule has 0 unspecified atom stereocenters. The van der Waals surface area contributed by atoms with Crippen LogP contribution in [0.5, 0.6) is 5.75 Å². The summed E-state index contributed by atoms with van der Waals surface area (Å²) < 4.78 is 24.3. The van der Waals surface area contributed by atoms with Crippen LogP contribution in [0.3, 0.4) is 0 Å². The van der Waals surface area contributed by atoms with Gasteiger partial charge in [-0.2, -0.15) is 0 Å². The lowest BCUT2D eigenvalue weighted by atomic mass is 10.1. The third kappa shape index (κ3) is 4.16. The summed E-state index contributed by atoms with van der Waals surface area (Å²) in [5.41, 5.74) is 0.157. The zero-order valence-electron chi connectivity index (χ0n) is 12.5. The van der Waals surface area contributed by atoms with Crippen molar-refractivity contribution in [3.63, 3.8) is 0 Å². The molecule has 4 nitrogen and oxygen atoms in total. The van der Waals surface area contributed by atoms with E-state index in [0.29, 0.717) is 15.8 Å². The number of hydrogen-bond acceptors (Lipinski definition) is 4. The second kappa shape index (κ2) is 7.37. The quantitative estimate of drug-likeness (QED) is 0.580. The third-order valence-corrected chi connectivity index (χ3v) is 3.67. The van der Waals surface area contributed by atoms with E-state index in [9.17, 15) is 14.0 Å². The molecule has 0 radical (unpaired) electrons. The number of Topliss-reactive ketones (excluding diaryl/α,β-unsaturated/α-hetero) is 1. The van der Waals surface area contributed by atoms with Gasteiger partial charge >= 0.3 is 5.97 Å². The fourth-order valence-electron chi connectivity index (χ4n) is 1.92. The minimum Gasteiger partial charge on any atom is -0.497 e. The number of hydrogen-bond donors (Lipinski definition) is 0. The molecule has 0 N–H and O–H groups in total. The average molecular weight is 381 g/mol. The molecule has 0 fully saturated rings. The first-order chi connectivity index (χ1) is 10.9. The van der Waals surface area contributed by atoms with Gasteiger partial charge in [-0.1, -0.05) is 15.9 Å². The Bertz CT molecular complexity index is 728. The molecular weight excluding hydrogens is 367 g/mol. The number of methoxy groups -OCH3 is 1. The second-order valence-electron chi connectivity index (χ2n) is 4.76. The minimum atomic E-state index is -1.03. The van der Waals surface area contributed by atoms with Crippen molar-refractivity contribution in [1.82, 2.24) is 0 Å². The van der Waals surface area contributed by atoms with Crippen molar-refractivity contribution < 1.29 is 23.5 Å². The summed E-state index contributed by atoms with van der Waals surface area (Å²) in [6.45, 7) is 1.45. The average Bonchev–Trinajstić information content (AvgIpc) is 2.54. The van der Waals surface area contributed by atoms with E-state index in [1.807, 2.05) is 0 Å². The Balaban J connectivity index is 2.09. The highest BCUT2D eigenvalue weighted by Gasteiger charge is 2.22. The molecule has 0 aliphatic heterocycles. The molecule has 23 heavy (non-hydrogen) atoms. The smallest absolute Gasteiger partial charge is 0.341 e. The topological polar surface area (TPSA) is 52.6 Å². The number of rotatable bonds is 5. The standard InChI is InChI=1S/C17H14BrFO4/c1-10(16(20)11-3-6-13(22-2)7-4-11)23-17(21)14-8-5-12(18)9-15(14)19/h3-10H,1-2H3/t10-/m1/s1. The maximum atomic E-state index is 13.7. The van der Waals surface area contributed by atoms with Crippen molar-refractivity contribution in [3.05, 3.63) is 63.9 Å². The number of esters is 1. The molecule has 0 bridgehead atoms. The van der Waals surface area contributed by atoms with Gasteiger partial charge in [-0.15, -0.1) is 0 Å². The van der Waals surface area contributed by atoms with Gasteiger partial charge in [0.2, 0.25) is 5.78 Å². The summed E-state index contributed by atoms with van der Waals surface area (Å²) in [5, 5.41) is 0. The minimum absolute atomic E-state index is 0.220. The molecule has 0 aliphatic rings.